The first kappa shape index (κ1) is 21.1. The van der Waals surface area contributed by atoms with Gasteiger partial charge in [-0.3, -0.25) is 0 Å². The van der Waals surface area contributed by atoms with Crippen LogP contribution in [-0.4, -0.2) is 52.0 Å². The maximum Gasteiger partial charge on any atom is 0.146 e. The summed E-state index contributed by atoms with van der Waals surface area (Å²) < 4.78 is 21.3. The Morgan fingerprint density at radius 1 is 0.958 bits per heavy atom. The molecule has 0 amide bonds. The third-order valence-corrected chi connectivity index (χ3v) is 3.79. The molecule has 0 heterocycles. The molecule has 5 heteroatoms. The van der Waals surface area contributed by atoms with Crippen LogP contribution >= 0.6 is 0 Å². The maximum atomic E-state index is 9.49. The van der Waals surface area contributed by atoms with Crippen molar-refractivity contribution in [3.63, 3.8) is 0 Å². The molecular weight excluding hydrogens is 308 g/mol. The zero-order valence-electron chi connectivity index (χ0n) is 15.0. The van der Waals surface area contributed by atoms with E-state index in [4.69, 9.17) is 18.9 Å². The summed E-state index contributed by atoms with van der Waals surface area (Å²) in [5, 5.41) is 9.49. The van der Waals surface area contributed by atoms with Crippen LogP contribution in [0.4, 0.5) is 0 Å². The minimum atomic E-state index is 0.155. The first-order valence-electron chi connectivity index (χ1n) is 8.63. The average molecular weight is 340 g/mol. The van der Waals surface area contributed by atoms with Crippen molar-refractivity contribution in [3.05, 3.63) is 35.9 Å². The standard InChI is InChI=1S/C19H32O5/c1-17(13-24-16-22-11-10-21-2)8-9-19(12-20)15-23-14-18-6-4-3-5-7-18/h3-7,17,19-20H,8-16H2,1-2H3. The summed E-state index contributed by atoms with van der Waals surface area (Å²) in [7, 11) is 1.65. The smallest absolute Gasteiger partial charge is 0.146 e. The Kier molecular flexibility index (Phi) is 12.6. The van der Waals surface area contributed by atoms with Crippen molar-refractivity contribution in [2.75, 3.05) is 46.9 Å². The van der Waals surface area contributed by atoms with Crippen molar-refractivity contribution in [1.29, 1.82) is 0 Å². The number of rotatable bonds is 15. The van der Waals surface area contributed by atoms with E-state index in [1.54, 1.807) is 7.11 Å². The highest BCUT2D eigenvalue weighted by atomic mass is 16.7. The number of hydrogen-bond donors (Lipinski definition) is 1. The van der Waals surface area contributed by atoms with Crippen molar-refractivity contribution in [2.24, 2.45) is 11.8 Å². The Bertz CT molecular complexity index is 385. The van der Waals surface area contributed by atoms with Crippen LogP contribution in [0.1, 0.15) is 25.3 Å². The highest BCUT2D eigenvalue weighted by molar-refractivity contribution is 5.13. The predicted molar refractivity (Wildman–Crippen MR) is 93.7 cm³/mol. The molecule has 0 aliphatic rings. The average Bonchev–Trinajstić information content (AvgIpc) is 2.61. The molecule has 0 saturated heterocycles. The summed E-state index contributed by atoms with van der Waals surface area (Å²) in [5.74, 6) is 0.605. The SMILES string of the molecule is COCCOCOCC(C)CCC(CO)COCc1ccccc1. The van der Waals surface area contributed by atoms with Crippen molar-refractivity contribution in [3.8, 4) is 0 Å². The molecule has 5 nitrogen and oxygen atoms in total. The van der Waals surface area contributed by atoms with Crippen molar-refractivity contribution in [1.82, 2.24) is 0 Å². The Balaban J connectivity index is 2.05. The van der Waals surface area contributed by atoms with Crippen LogP contribution < -0.4 is 0 Å². The molecule has 2 atom stereocenters. The third kappa shape index (κ3) is 10.7. The lowest BCUT2D eigenvalue weighted by molar-refractivity contribution is -0.0747. The molecule has 24 heavy (non-hydrogen) atoms. The topological polar surface area (TPSA) is 57.2 Å². The van der Waals surface area contributed by atoms with E-state index in [2.05, 4.69) is 6.92 Å². The Labute approximate surface area is 145 Å². The molecule has 1 N–H and O–H groups in total. The van der Waals surface area contributed by atoms with Gasteiger partial charge in [-0.15, -0.1) is 0 Å². The second kappa shape index (κ2) is 14.4. The van der Waals surface area contributed by atoms with Crippen LogP contribution in [0.15, 0.2) is 30.3 Å². The van der Waals surface area contributed by atoms with Gasteiger partial charge in [-0.2, -0.15) is 0 Å². The molecule has 1 aromatic rings. The first-order chi connectivity index (χ1) is 11.8. The summed E-state index contributed by atoms with van der Waals surface area (Å²) in [6, 6.07) is 10.1. The van der Waals surface area contributed by atoms with Gasteiger partial charge in [0.1, 0.15) is 6.79 Å². The van der Waals surface area contributed by atoms with Crippen molar-refractivity contribution in [2.45, 2.75) is 26.4 Å². The van der Waals surface area contributed by atoms with E-state index in [0.717, 1.165) is 18.4 Å². The maximum absolute atomic E-state index is 9.49. The fraction of sp³-hybridized carbons (Fsp3) is 0.684. The third-order valence-electron chi connectivity index (χ3n) is 3.79. The fourth-order valence-corrected chi connectivity index (χ4v) is 2.26. The Morgan fingerprint density at radius 3 is 2.46 bits per heavy atom. The Hall–Kier alpha value is -0.980. The van der Waals surface area contributed by atoms with E-state index < -0.39 is 0 Å². The second-order valence-corrected chi connectivity index (χ2v) is 6.12. The van der Waals surface area contributed by atoms with Gasteiger partial charge in [-0.1, -0.05) is 37.3 Å². The van der Waals surface area contributed by atoms with E-state index in [9.17, 15) is 5.11 Å². The van der Waals surface area contributed by atoms with E-state index >= 15 is 0 Å². The zero-order chi connectivity index (χ0) is 17.5. The quantitative estimate of drug-likeness (QED) is 0.393. The van der Waals surface area contributed by atoms with E-state index in [0.29, 0.717) is 45.7 Å². The molecule has 0 bridgehead atoms. The largest absolute Gasteiger partial charge is 0.396 e. The van der Waals surface area contributed by atoms with Crippen LogP contribution in [0.25, 0.3) is 0 Å². The van der Waals surface area contributed by atoms with Gasteiger partial charge in [-0.05, 0) is 24.3 Å². The van der Waals surface area contributed by atoms with Crippen LogP contribution in [0, 0.1) is 11.8 Å². The van der Waals surface area contributed by atoms with Gasteiger partial charge in [0.2, 0.25) is 0 Å². The fourth-order valence-electron chi connectivity index (χ4n) is 2.26. The van der Waals surface area contributed by atoms with Gasteiger partial charge in [0.15, 0.2) is 0 Å². The summed E-state index contributed by atoms with van der Waals surface area (Å²) in [5.41, 5.74) is 1.16. The molecule has 0 aromatic heterocycles. The minimum Gasteiger partial charge on any atom is -0.396 e. The normalized spacial score (nSPS) is 13.8. The van der Waals surface area contributed by atoms with E-state index in [-0.39, 0.29) is 12.5 Å². The van der Waals surface area contributed by atoms with Gasteiger partial charge in [0.25, 0.3) is 0 Å². The lowest BCUT2D eigenvalue weighted by Gasteiger charge is -2.17. The molecule has 2 unspecified atom stereocenters. The molecule has 1 rings (SSSR count). The summed E-state index contributed by atoms with van der Waals surface area (Å²) in [6.45, 7) is 5.58. The van der Waals surface area contributed by atoms with Crippen LogP contribution in [0.3, 0.4) is 0 Å². The Morgan fingerprint density at radius 2 is 1.75 bits per heavy atom. The molecule has 0 saturated carbocycles. The van der Waals surface area contributed by atoms with Gasteiger partial charge in [0.05, 0.1) is 33.0 Å². The van der Waals surface area contributed by atoms with Crippen LogP contribution in [0.2, 0.25) is 0 Å². The zero-order valence-corrected chi connectivity index (χ0v) is 15.0. The van der Waals surface area contributed by atoms with E-state index in [1.807, 2.05) is 30.3 Å². The highest BCUT2D eigenvalue weighted by Gasteiger charge is 2.11. The molecular formula is C19H32O5. The van der Waals surface area contributed by atoms with E-state index in [1.165, 1.54) is 0 Å². The highest BCUT2D eigenvalue weighted by Crippen LogP contribution is 2.14. The number of aliphatic hydroxyl groups excluding tert-OH is 1. The van der Waals surface area contributed by atoms with Gasteiger partial charge >= 0.3 is 0 Å². The van der Waals surface area contributed by atoms with Gasteiger partial charge in [-0.25, -0.2) is 0 Å². The lowest BCUT2D eigenvalue weighted by Crippen LogP contribution is -2.17. The molecule has 0 radical (unpaired) electrons. The van der Waals surface area contributed by atoms with Crippen LogP contribution in [-0.2, 0) is 25.6 Å². The molecule has 0 aliphatic carbocycles. The monoisotopic (exact) mass is 340 g/mol. The molecule has 138 valence electrons. The van der Waals surface area contributed by atoms with Gasteiger partial charge in [0, 0.05) is 19.6 Å². The van der Waals surface area contributed by atoms with Crippen LogP contribution in [0.5, 0.6) is 0 Å². The predicted octanol–water partition coefficient (Wildman–Crippen LogP) is 2.87. The number of benzene rings is 1. The summed E-state index contributed by atoms with van der Waals surface area (Å²) in [4.78, 5) is 0. The molecule has 0 spiro atoms. The van der Waals surface area contributed by atoms with Gasteiger partial charge < -0.3 is 24.1 Å². The van der Waals surface area contributed by atoms with Crippen molar-refractivity contribution >= 4 is 0 Å². The minimum absolute atomic E-state index is 0.155. The number of aliphatic hydroxyl groups is 1. The molecule has 0 aliphatic heterocycles. The van der Waals surface area contributed by atoms with Crippen molar-refractivity contribution < 1.29 is 24.1 Å². The second-order valence-electron chi connectivity index (χ2n) is 6.12. The number of hydrogen-bond acceptors (Lipinski definition) is 5. The number of ether oxygens (including phenoxy) is 4. The lowest BCUT2D eigenvalue weighted by atomic mass is 9.98. The summed E-state index contributed by atoms with van der Waals surface area (Å²) >= 11 is 0. The first-order valence-corrected chi connectivity index (χ1v) is 8.63. The molecule has 0 fully saturated rings. The number of methoxy groups -OCH3 is 1. The summed E-state index contributed by atoms with van der Waals surface area (Å²) in [6.07, 6.45) is 1.93. The molecule has 1 aromatic carbocycles.